The van der Waals surface area contributed by atoms with Gasteiger partial charge in [0, 0.05) is 4.47 Å². The van der Waals surface area contributed by atoms with Crippen molar-refractivity contribution in [2.75, 3.05) is 0 Å². The molecule has 1 heteroatoms. The molecule has 0 saturated heterocycles. The third-order valence-corrected chi connectivity index (χ3v) is 7.46. The summed E-state index contributed by atoms with van der Waals surface area (Å²) in [7, 11) is 0. The van der Waals surface area contributed by atoms with E-state index in [4.69, 9.17) is 0 Å². The first-order valence-electron chi connectivity index (χ1n) is 11.3. The predicted molar refractivity (Wildman–Crippen MR) is 142 cm³/mol. The average Bonchev–Trinajstić information content (AvgIpc) is 2.97. The Kier molecular flexibility index (Phi) is 4.81. The Morgan fingerprint density at radius 1 is 0.455 bits per heavy atom. The van der Waals surface area contributed by atoms with Crippen molar-refractivity contribution in [3.05, 3.63) is 154 Å². The van der Waals surface area contributed by atoms with E-state index in [1.54, 1.807) is 0 Å². The van der Waals surface area contributed by atoms with Gasteiger partial charge in [0.2, 0.25) is 0 Å². The van der Waals surface area contributed by atoms with Gasteiger partial charge in [0.05, 0.1) is 5.41 Å². The summed E-state index contributed by atoms with van der Waals surface area (Å²) < 4.78 is 1.09. The van der Waals surface area contributed by atoms with Gasteiger partial charge >= 0.3 is 0 Å². The molecule has 158 valence electrons. The lowest BCUT2D eigenvalue weighted by atomic mass is 9.63. The molecule has 0 heterocycles. The summed E-state index contributed by atoms with van der Waals surface area (Å²) in [4.78, 5) is 0. The van der Waals surface area contributed by atoms with E-state index in [0.29, 0.717) is 0 Å². The van der Waals surface area contributed by atoms with Gasteiger partial charge in [0.15, 0.2) is 0 Å². The molecule has 0 saturated carbocycles. The fraction of sp³-hybridized carbons (Fsp3) is 0.0625. The quantitative estimate of drug-likeness (QED) is 0.229. The van der Waals surface area contributed by atoms with Crippen LogP contribution in [0.4, 0.5) is 0 Å². The third kappa shape index (κ3) is 3.03. The van der Waals surface area contributed by atoms with Crippen molar-refractivity contribution >= 4 is 15.9 Å². The average molecular weight is 487 g/mol. The summed E-state index contributed by atoms with van der Waals surface area (Å²) in [5.41, 5.74) is 11.1. The van der Waals surface area contributed by atoms with Crippen LogP contribution in [0.1, 0.15) is 27.8 Å². The first-order chi connectivity index (χ1) is 16.2. The lowest BCUT2D eigenvalue weighted by molar-refractivity contribution is 0.751. The molecule has 0 atom stereocenters. The standard InChI is InChI=1S/C32H23Br/c1-22-14-16-23(17-15-22)32(24-18-20-25(33)21-19-24)30-12-6-4-10-28(30)26-8-2-3-9-27(26)29-11-5-7-13-31(29)32/h2-21H,1H3. The molecule has 0 nitrogen and oxygen atoms in total. The maximum Gasteiger partial charge on any atom is 0.0713 e. The van der Waals surface area contributed by atoms with Gasteiger partial charge < -0.3 is 0 Å². The fourth-order valence-electron chi connectivity index (χ4n) is 5.48. The highest BCUT2D eigenvalue weighted by Gasteiger charge is 2.43. The summed E-state index contributed by atoms with van der Waals surface area (Å²) >= 11 is 3.66. The second kappa shape index (κ2) is 7.86. The summed E-state index contributed by atoms with van der Waals surface area (Å²) in [6.45, 7) is 2.15. The Hall–Kier alpha value is -3.42. The third-order valence-electron chi connectivity index (χ3n) is 6.93. The molecule has 0 fully saturated rings. The first kappa shape index (κ1) is 20.2. The molecule has 0 amide bonds. The van der Waals surface area contributed by atoms with Gasteiger partial charge in [-0.25, -0.2) is 0 Å². The Bertz CT molecular complexity index is 1350. The smallest absolute Gasteiger partial charge is 0.0619 e. The van der Waals surface area contributed by atoms with Crippen LogP contribution in [0, 0.1) is 6.92 Å². The molecule has 0 unspecified atom stereocenters. The number of halogens is 1. The number of hydrogen-bond donors (Lipinski definition) is 0. The monoisotopic (exact) mass is 486 g/mol. The lowest BCUT2D eigenvalue weighted by Gasteiger charge is -2.38. The van der Waals surface area contributed by atoms with Gasteiger partial charge in [-0.05, 0) is 63.6 Å². The SMILES string of the molecule is Cc1ccc(C2(c3ccc(Br)cc3)c3ccccc3-c3ccccc3-c3ccccc32)cc1. The molecule has 1 aliphatic rings. The van der Waals surface area contributed by atoms with E-state index in [1.807, 2.05) is 0 Å². The largest absolute Gasteiger partial charge is 0.0713 e. The molecular weight excluding hydrogens is 464 g/mol. The minimum Gasteiger partial charge on any atom is -0.0619 e. The van der Waals surface area contributed by atoms with Crippen molar-refractivity contribution in [2.45, 2.75) is 12.3 Å². The second-order valence-corrected chi connectivity index (χ2v) is 9.68. The molecule has 6 rings (SSSR count). The van der Waals surface area contributed by atoms with Gasteiger partial charge in [0.25, 0.3) is 0 Å². The van der Waals surface area contributed by atoms with E-state index in [-0.39, 0.29) is 0 Å². The number of fused-ring (bicyclic) bond motifs is 5. The van der Waals surface area contributed by atoms with E-state index < -0.39 is 5.41 Å². The molecular formula is C32H23Br. The van der Waals surface area contributed by atoms with Gasteiger partial charge in [-0.15, -0.1) is 0 Å². The Morgan fingerprint density at radius 2 is 0.848 bits per heavy atom. The van der Waals surface area contributed by atoms with Crippen LogP contribution in [0.3, 0.4) is 0 Å². The topological polar surface area (TPSA) is 0 Å². The number of aryl methyl sites for hydroxylation is 1. The van der Waals surface area contributed by atoms with Crippen molar-refractivity contribution in [1.29, 1.82) is 0 Å². The second-order valence-electron chi connectivity index (χ2n) is 8.76. The van der Waals surface area contributed by atoms with Crippen molar-refractivity contribution < 1.29 is 0 Å². The molecule has 0 aromatic heterocycles. The Morgan fingerprint density at radius 3 is 1.33 bits per heavy atom. The molecule has 0 spiro atoms. The Labute approximate surface area is 203 Å². The lowest BCUT2D eigenvalue weighted by Crippen LogP contribution is -2.31. The molecule has 33 heavy (non-hydrogen) atoms. The highest BCUT2D eigenvalue weighted by molar-refractivity contribution is 9.10. The van der Waals surface area contributed by atoms with E-state index in [0.717, 1.165) is 4.47 Å². The van der Waals surface area contributed by atoms with Crippen LogP contribution in [-0.4, -0.2) is 0 Å². The maximum atomic E-state index is 3.66. The molecule has 0 aliphatic heterocycles. The predicted octanol–water partition coefficient (Wildman–Crippen LogP) is 8.79. The van der Waals surface area contributed by atoms with Gasteiger partial charge in [0.1, 0.15) is 0 Å². The molecule has 5 aromatic rings. The van der Waals surface area contributed by atoms with Gasteiger partial charge in [-0.3, -0.25) is 0 Å². The number of hydrogen-bond acceptors (Lipinski definition) is 0. The highest BCUT2D eigenvalue weighted by Crippen LogP contribution is 2.54. The van der Waals surface area contributed by atoms with E-state index >= 15 is 0 Å². The van der Waals surface area contributed by atoms with E-state index in [1.165, 1.54) is 50.1 Å². The zero-order valence-corrected chi connectivity index (χ0v) is 20.0. The minimum absolute atomic E-state index is 0.444. The van der Waals surface area contributed by atoms with Crippen LogP contribution < -0.4 is 0 Å². The van der Waals surface area contributed by atoms with Crippen LogP contribution in [0.5, 0.6) is 0 Å². The zero-order valence-electron chi connectivity index (χ0n) is 18.4. The Balaban J connectivity index is 1.86. The summed E-state index contributed by atoms with van der Waals surface area (Å²) in [6.07, 6.45) is 0. The molecule has 0 bridgehead atoms. The number of rotatable bonds is 2. The van der Waals surface area contributed by atoms with Gasteiger partial charge in [-0.1, -0.05) is 131 Å². The zero-order chi connectivity index (χ0) is 22.4. The molecule has 0 N–H and O–H groups in total. The maximum absolute atomic E-state index is 3.66. The molecule has 1 aliphatic carbocycles. The van der Waals surface area contributed by atoms with E-state index in [2.05, 4.69) is 144 Å². The fourth-order valence-corrected chi connectivity index (χ4v) is 5.74. The van der Waals surface area contributed by atoms with Crippen molar-refractivity contribution in [1.82, 2.24) is 0 Å². The van der Waals surface area contributed by atoms with Crippen molar-refractivity contribution in [3.63, 3.8) is 0 Å². The van der Waals surface area contributed by atoms with Crippen LogP contribution in [-0.2, 0) is 5.41 Å². The normalized spacial score (nSPS) is 13.4. The molecule has 0 radical (unpaired) electrons. The molecule has 5 aromatic carbocycles. The van der Waals surface area contributed by atoms with E-state index in [9.17, 15) is 0 Å². The highest BCUT2D eigenvalue weighted by atomic mass is 79.9. The van der Waals surface area contributed by atoms with Crippen LogP contribution in [0.25, 0.3) is 22.3 Å². The van der Waals surface area contributed by atoms with Crippen LogP contribution in [0.15, 0.2) is 126 Å². The summed E-state index contributed by atoms with van der Waals surface area (Å²) in [5.74, 6) is 0. The van der Waals surface area contributed by atoms with Crippen molar-refractivity contribution in [2.24, 2.45) is 0 Å². The van der Waals surface area contributed by atoms with Crippen LogP contribution >= 0.6 is 15.9 Å². The van der Waals surface area contributed by atoms with Crippen molar-refractivity contribution in [3.8, 4) is 22.3 Å². The first-order valence-corrected chi connectivity index (χ1v) is 12.1. The number of benzene rings is 5. The summed E-state index contributed by atoms with van der Waals surface area (Å²) in [6, 6.07) is 44.6. The van der Waals surface area contributed by atoms with Crippen LogP contribution in [0.2, 0.25) is 0 Å². The minimum atomic E-state index is -0.444. The van der Waals surface area contributed by atoms with Gasteiger partial charge in [-0.2, -0.15) is 0 Å². The summed E-state index contributed by atoms with van der Waals surface area (Å²) in [5, 5.41) is 0.